The molecule has 0 amide bonds. The SMILES string of the molecule is c1ccc(-n2c3ccccc3c3cc4c(cc32)c2cc3c(cc2n4-c2ccccc2)N2B(c4ccccc4-c4ccccc42)c2ccccc2-3)cc1. The van der Waals surface area contributed by atoms with Crippen LogP contribution in [0.5, 0.6) is 0 Å². The van der Waals surface area contributed by atoms with Crippen LogP contribution < -0.4 is 15.7 Å². The Balaban J connectivity index is 1.24. The van der Waals surface area contributed by atoms with Gasteiger partial charge in [-0.3, -0.25) is 0 Å². The molecular weight excluding hydrogens is 629 g/mol. The predicted octanol–water partition coefficient (Wildman–Crippen LogP) is 10.8. The first-order chi connectivity index (χ1) is 25.8. The number of anilines is 2. The van der Waals surface area contributed by atoms with Crippen LogP contribution in [0.1, 0.15) is 0 Å². The number of nitrogens with zero attached hydrogens (tertiary/aromatic N) is 3. The van der Waals surface area contributed by atoms with Gasteiger partial charge in [-0.15, -0.1) is 0 Å². The van der Waals surface area contributed by atoms with Gasteiger partial charge in [-0.2, -0.15) is 0 Å². The number of hydrogen-bond acceptors (Lipinski definition) is 1. The van der Waals surface area contributed by atoms with E-state index in [1.165, 1.54) is 93.9 Å². The standard InChI is InChI=1S/C48H30BN3/c1-3-15-31(16-4-1)50-43-25-13-9-22-36(43)39-28-46-40(29-45(39)50)38-27-37-34-20-8-12-24-42(34)49-41-23-11-7-19-33(41)35-21-10-14-26-44(35)52(49)48(37)30-47(38)51(46)32-17-5-2-6-18-32/h1-30H. The molecule has 0 fully saturated rings. The Morgan fingerprint density at radius 1 is 0.308 bits per heavy atom. The van der Waals surface area contributed by atoms with Crippen LogP contribution in [0.25, 0.3) is 77.2 Å². The first kappa shape index (κ1) is 28.0. The highest BCUT2D eigenvalue weighted by molar-refractivity contribution is 6.92. The third kappa shape index (κ3) is 3.65. The molecule has 52 heavy (non-hydrogen) atoms. The van der Waals surface area contributed by atoms with Crippen LogP contribution in [0.15, 0.2) is 182 Å². The summed E-state index contributed by atoms with van der Waals surface area (Å²) >= 11 is 0. The van der Waals surface area contributed by atoms with Crippen molar-refractivity contribution >= 4 is 72.8 Å². The topological polar surface area (TPSA) is 13.1 Å². The predicted molar refractivity (Wildman–Crippen MR) is 220 cm³/mol. The Labute approximate surface area is 301 Å². The quantitative estimate of drug-likeness (QED) is 0.168. The monoisotopic (exact) mass is 659 g/mol. The molecule has 0 N–H and O–H groups in total. The van der Waals surface area contributed by atoms with E-state index < -0.39 is 0 Å². The Morgan fingerprint density at radius 2 is 0.788 bits per heavy atom. The lowest BCUT2D eigenvalue weighted by atomic mass is 9.43. The molecule has 4 heteroatoms. The van der Waals surface area contributed by atoms with Crippen LogP contribution in [0.4, 0.5) is 11.4 Å². The number of hydrogen-bond donors (Lipinski definition) is 0. The van der Waals surface area contributed by atoms with Gasteiger partial charge in [0.15, 0.2) is 0 Å². The summed E-state index contributed by atoms with van der Waals surface area (Å²) in [5, 5.41) is 5.01. The van der Waals surface area contributed by atoms with Crippen LogP contribution >= 0.6 is 0 Å². The first-order valence-electron chi connectivity index (χ1n) is 18.1. The van der Waals surface area contributed by atoms with E-state index in [1.54, 1.807) is 0 Å². The molecule has 240 valence electrons. The van der Waals surface area contributed by atoms with E-state index in [0.717, 1.165) is 5.69 Å². The Morgan fingerprint density at radius 3 is 1.48 bits per heavy atom. The third-order valence-corrected chi connectivity index (χ3v) is 11.5. The van der Waals surface area contributed by atoms with Crippen LogP contribution in [0.2, 0.25) is 0 Å². The maximum Gasteiger partial charge on any atom is 0.329 e. The number of rotatable bonds is 2. The van der Waals surface area contributed by atoms with E-state index in [2.05, 4.69) is 196 Å². The van der Waals surface area contributed by atoms with Gasteiger partial charge in [0.1, 0.15) is 0 Å². The Hall–Kier alpha value is -6.78. The molecule has 0 radical (unpaired) electrons. The molecule has 0 saturated heterocycles. The van der Waals surface area contributed by atoms with Crippen molar-refractivity contribution in [3.05, 3.63) is 182 Å². The number of para-hydroxylation sites is 4. The highest BCUT2D eigenvalue weighted by Gasteiger charge is 2.42. The molecule has 2 aliphatic rings. The summed E-state index contributed by atoms with van der Waals surface area (Å²) in [6.45, 7) is 0.0709. The van der Waals surface area contributed by atoms with Gasteiger partial charge < -0.3 is 13.9 Å². The average molecular weight is 660 g/mol. The minimum Gasteiger partial charge on any atom is -0.376 e. The van der Waals surface area contributed by atoms with Crippen molar-refractivity contribution in [2.75, 3.05) is 4.81 Å². The van der Waals surface area contributed by atoms with Crippen molar-refractivity contribution in [3.63, 3.8) is 0 Å². The molecule has 10 aromatic rings. The number of aromatic nitrogens is 2. The van der Waals surface area contributed by atoms with Gasteiger partial charge in [0, 0.05) is 55.4 Å². The average Bonchev–Trinajstić information content (AvgIpc) is 3.71. The zero-order valence-electron chi connectivity index (χ0n) is 28.2. The fourth-order valence-corrected chi connectivity index (χ4v) is 9.36. The lowest BCUT2D eigenvalue weighted by Crippen LogP contribution is -2.59. The summed E-state index contributed by atoms with van der Waals surface area (Å²) in [7, 11) is 0. The normalized spacial score (nSPS) is 12.9. The zero-order valence-corrected chi connectivity index (χ0v) is 28.2. The fourth-order valence-electron chi connectivity index (χ4n) is 9.36. The van der Waals surface area contributed by atoms with E-state index in [-0.39, 0.29) is 6.85 Å². The number of benzene rings is 8. The Bertz CT molecular complexity index is 3080. The largest absolute Gasteiger partial charge is 0.376 e. The summed E-state index contributed by atoms with van der Waals surface area (Å²) < 4.78 is 4.91. The maximum atomic E-state index is 2.61. The summed E-state index contributed by atoms with van der Waals surface area (Å²) in [6, 6.07) is 67.2. The molecule has 0 unspecified atom stereocenters. The third-order valence-electron chi connectivity index (χ3n) is 11.5. The van der Waals surface area contributed by atoms with Gasteiger partial charge in [-0.25, -0.2) is 0 Å². The van der Waals surface area contributed by atoms with Gasteiger partial charge in [-0.1, -0.05) is 121 Å². The first-order valence-corrected chi connectivity index (χ1v) is 18.1. The molecule has 8 aromatic carbocycles. The Kier molecular flexibility index (Phi) is 5.58. The van der Waals surface area contributed by atoms with Crippen molar-refractivity contribution in [1.82, 2.24) is 9.13 Å². The van der Waals surface area contributed by atoms with Gasteiger partial charge in [0.05, 0.1) is 22.1 Å². The molecule has 0 spiro atoms. The van der Waals surface area contributed by atoms with Gasteiger partial charge >= 0.3 is 6.85 Å². The molecule has 2 aromatic heterocycles. The second kappa shape index (κ2) is 10.4. The van der Waals surface area contributed by atoms with Gasteiger partial charge in [0.25, 0.3) is 0 Å². The summed E-state index contributed by atoms with van der Waals surface area (Å²) in [4.78, 5) is 2.61. The molecule has 0 atom stereocenters. The smallest absolute Gasteiger partial charge is 0.329 e. The summed E-state index contributed by atoms with van der Waals surface area (Å²) in [5.74, 6) is 0. The minimum atomic E-state index is 0.0709. The van der Waals surface area contributed by atoms with E-state index in [9.17, 15) is 0 Å². The second-order valence-corrected chi connectivity index (χ2v) is 14.1. The van der Waals surface area contributed by atoms with Crippen LogP contribution in [-0.4, -0.2) is 16.0 Å². The highest BCUT2D eigenvalue weighted by atomic mass is 15.1. The highest BCUT2D eigenvalue weighted by Crippen LogP contribution is 2.49. The van der Waals surface area contributed by atoms with Crippen LogP contribution in [0, 0.1) is 0 Å². The van der Waals surface area contributed by atoms with Crippen molar-refractivity contribution in [2.45, 2.75) is 0 Å². The molecular formula is C48H30BN3. The maximum absolute atomic E-state index is 2.61. The van der Waals surface area contributed by atoms with E-state index in [4.69, 9.17) is 0 Å². The second-order valence-electron chi connectivity index (χ2n) is 14.1. The van der Waals surface area contributed by atoms with E-state index in [0.29, 0.717) is 0 Å². The molecule has 0 saturated carbocycles. The van der Waals surface area contributed by atoms with Crippen LogP contribution in [-0.2, 0) is 0 Å². The van der Waals surface area contributed by atoms with E-state index >= 15 is 0 Å². The van der Waals surface area contributed by atoms with Gasteiger partial charge in [-0.05, 0) is 82.7 Å². The van der Waals surface area contributed by atoms with Crippen molar-refractivity contribution < 1.29 is 0 Å². The van der Waals surface area contributed by atoms with Crippen molar-refractivity contribution in [3.8, 4) is 33.6 Å². The van der Waals surface area contributed by atoms with Gasteiger partial charge in [0.2, 0.25) is 0 Å². The lowest BCUT2D eigenvalue weighted by molar-refractivity contribution is 1.17. The molecule has 12 rings (SSSR count). The van der Waals surface area contributed by atoms with E-state index in [1.807, 2.05) is 0 Å². The molecule has 2 aliphatic heterocycles. The minimum absolute atomic E-state index is 0.0709. The van der Waals surface area contributed by atoms with Crippen LogP contribution in [0.3, 0.4) is 0 Å². The molecule has 0 aliphatic carbocycles. The summed E-state index contributed by atoms with van der Waals surface area (Å²) in [5.41, 5.74) is 17.5. The van der Waals surface area contributed by atoms with Crippen molar-refractivity contribution in [1.29, 1.82) is 0 Å². The zero-order chi connectivity index (χ0) is 33.9. The fraction of sp³-hybridized carbons (Fsp3) is 0. The summed E-state index contributed by atoms with van der Waals surface area (Å²) in [6.07, 6.45) is 0. The number of fused-ring (bicyclic) bond motifs is 17. The lowest BCUT2D eigenvalue weighted by Gasteiger charge is -2.43. The molecule has 3 nitrogen and oxygen atoms in total. The van der Waals surface area contributed by atoms with Crippen molar-refractivity contribution in [2.24, 2.45) is 0 Å². The molecule has 4 heterocycles. The molecule has 0 bridgehead atoms.